The molecule has 1 unspecified atom stereocenters. The summed E-state index contributed by atoms with van der Waals surface area (Å²) in [6.07, 6.45) is 3.41. The van der Waals surface area contributed by atoms with Crippen LogP contribution in [0.5, 0.6) is 5.88 Å². The molecule has 0 saturated carbocycles. The molecule has 88 valence electrons. The Bertz CT molecular complexity index is 368. The van der Waals surface area contributed by atoms with Crippen LogP contribution in [-0.2, 0) is 0 Å². The lowest BCUT2D eigenvalue weighted by Crippen LogP contribution is -2.19. The number of amidine groups is 1. The molecule has 6 nitrogen and oxygen atoms in total. The Kier molecular flexibility index (Phi) is 4.50. The van der Waals surface area contributed by atoms with Gasteiger partial charge < -0.3 is 15.7 Å². The lowest BCUT2D eigenvalue weighted by Gasteiger charge is -2.14. The van der Waals surface area contributed by atoms with Crippen molar-refractivity contribution < 1.29 is 9.94 Å². The zero-order valence-corrected chi connectivity index (χ0v) is 9.42. The maximum absolute atomic E-state index is 8.61. The van der Waals surface area contributed by atoms with Gasteiger partial charge in [-0.3, -0.25) is 0 Å². The molecule has 6 heteroatoms. The summed E-state index contributed by atoms with van der Waals surface area (Å²) in [5.74, 6) is 0.257. The van der Waals surface area contributed by atoms with Crippen LogP contribution in [0.4, 0.5) is 0 Å². The van der Waals surface area contributed by atoms with E-state index >= 15 is 0 Å². The third kappa shape index (κ3) is 3.08. The zero-order chi connectivity index (χ0) is 12.0. The smallest absolute Gasteiger partial charge is 0.244 e. The number of oxime groups is 1. The molecule has 1 aromatic rings. The molecule has 1 rings (SSSR count). The number of aromatic nitrogens is 2. The van der Waals surface area contributed by atoms with Crippen LogP contribution in [0.3, 0.4) is 0 Å². The van der Waals surface area contributed by atoms with Crippen LogP contribution in [0, 0.1) is 0 Å². The van der Waals surface area contributed by atoms with Crippen molar-refractivity contribution in [2.75, 3.05) is 0 Å². The molecule has 0 bridgehead atoms. The molecular weight excluding hydrogens is 208 g/mol. The zero-order valence-electron chi connectivity index (χ0n) is 9.42. The molecule has 0 aromatic carbocycles. The van der Waals surface area contributed by atoms with Crippen LogP contribution in [-0.4, -0.2) is 27.3 Å². The van der Waals surface area contributed by atoms with Crippen LogP contribution in [0.25, 0.3) is 0 Å². The summed E-state index contributed by atoms with van der Waals surface area (Å²) >= 11 is 0. The molecule has 0 aliphatic carbocycles. The molecule has 3 N–H and O–H groups in total. The number of hydrogen-bond donors (Lipinski definition) is 2. The van der Waals surface area contributed by atoms with Crippen LogP contribution >= 0.6 is 0 Å². The number of rotatable bonds is 5. The molecular formula is C10H16N4O2. The van der Waals surface area contributed by atoms with Crippen molar-refractivity contribution in [2.24, 2.45) is 10.9 Å². The third-order valence-electron chi connectivity index (χ3n) is 2.08. The van der Waals surface area contributed by atoms with Crippen molar-refractivity contribution in [2.45, 2.75) is 32.8 Å². The van der Waals surface area contributed by atoms with Crippen LogP contribution in [0.2, 0.25) is 0 Å². The summed E-state index contributed by atoms with van der Waals surface area (Å²) in [5, 5.41) is 19.1. The molecule has 1 heterocycles. The maximum atomic E-state index is 8.61. The predicted molar refractivity (Wildman–Crippen MR) is 59.5 cm³/mol. The molecule has 16 heavy (non-hydrogen) atoms. The molecule has 0 aliphatic heterocycles. The summed E-state index contributed by atoms with van der Waals surface area (Å²) in [6, 6.07) is 1.59. The first-order valence-electron chi connectivity index (χ1n) is 5.15. The molecule has 0 saturated heterocycles. The Morgan fingerprint density at radius 2 is 2.44 bits per heavy atom. The Hall–Kier alpha value is -1.85. The van der Waals surface area contributed by atoms with Crippen molar-refractivity contribution in [3.8, 4) is 5.88 Å². The summed E-state index contributed by atoms with van der Waals surface area (Å²) in [6.45, 7) is 4.01. The van der Waals surface area contributed by atoms with Gasteiger partial charge in [-0.15, -0.1) is 5.10 Å². The summed E-state index contributed by atoms with van der Waals surface area (Å²) in [5.41, 5.74) is 5.94. The first-order valence-corrected chi connectivity index (χ1v) is 5.15. The normalized spacial score (nSPS) is 13.5. The van der Waals surface area contributed by atoms with E-state index in [0.29, 0.717) is 11.4 Å². The second-order valence-corrected chi connectivity index (χ2v) is 3.45. The van der Waals surface area contributed by atoms with Gasteiger partial charge in [0.25, 0.3) is 0 Å². The van der Waals surface area contributed by atoms with Gasteiger partial charge in [0.2, 0.25) is 5.88 Å². The molecule has 1 aromatic heterocycles. The number of ether oxygens (including phenoxy) is 1. The van der Waals surface area contributed by atoms with E-state index in [4.69, 9.17) is 15.7 Å². The van der Waals surface area contributed by atoms with E-state index in [9.17, 15) is 0 Å². The fraction of sp³-hybridized carbons (Fsp3) is 0.500. The van der Waals surface area contributed by atoms with Gasteiger partial charge in [-0.05, 0) is 19.4 Å². The summed E-state index contributed by atoms with van der Waals surface area (Å²) < 4.78 is 5.56. The standard InChI is InChI=1S/C10H16N4O2/c1-3-4-7(2)16-10-8(9(11)14-15)5-6-12-13-10/h5-7,15H,3-4H2,1-2H3,(H2,11,14). The van der Waals surface area contributed by atoms with E-state index in [1.807, 2.05) is 6.92 Å². The SMILES string of the molecule is CCCC(C)Oc1nnccc1/C(N)=N/O. The van der Waals surface area contributed by atoms with Gasteiger partial charge in [-0.2, -0.15) is 5.10 Å². The van der Waals surface area contributed by atoms with Crippen molar-refractivity contribution in [1.29, 1.82) is 0 Å². The quantitative estimate of drug-likeness (QED) is 0.338. The van der Waals surface area contributed by atoms with Gasteiger partial charge in [0, 0.05) is 0 Å². The van der Waals surface area contributed by atoms with Crippen LogP contribution in [0.1, 0.15) is 32.3 Å². The average molecular weight is 224 g/mol. The molecule has 0 fully saturated rings. The predicted octanol–water partition coefficient (Wildman–Crippen LogP) is 1.14. The number of nitrogens with zero attached hydrogens (tertiary/aromatic N) is 3. The third-order valence-corrected chi connectivity index (χ3v) is 2.08. The minimum Gasteiger partial charge on any atom is -0.473 e. The van der Waals surface area contributed by atoms with Crippen molar-refractivity contribution in [3.05, 3.63) is 17.8 Å². The van der Waals surface area contributed by atoms with Gasteiger partial charge in [0.05, 0.1) is 17.9 Å². The Morgan fingerprint density at radius 3 is 3.06 bits per heavy atom. The van der Waals surface area contributed by atoms with Gasteiger partial charge in [-0.25, -0.2) is 0 Å². The topological polar surface area (TPSA) is 93.6 Å². The Morgan fingerprint density at radius 1 is 1.69 bits per heavy atom. The van der Waals surface area contributed by atoms with E-state index in [1.165, 1.54) is 6.20 Å². The van der Waals surface area contributed by atoms with Gasteiger partial charge in [0.1, 0.15) is 0 Å². The van der Waals surface area contributed by atoms with E-state index in [2.05, 4.69) is 22.3 Å². The second-order valence-electron chi connectivity index (χ2n) is 3.45. The first kappa shape index (κ1) is 12.2. The van der Waals surface area contributed by atoms with Gasteiger partial charge >= 0.3 is 0 Å². The molecule has 0 aliphatic rings. The highest BCUT2D eigenvalue weighted by Crippen LogP contribution is 2.15. The van der Waals surface area contributed by atoms with E-state index < -0.39 is 0 Å². The first-order chi connectivity index (χ1) is 7.69. The lowest BCUT2D eigenvalue weighted by atomic mass is 10.2. The Balaban J connectivity index is 2.87. The minimum absolute atomic E-state index is 0.0203. The molecule has 1 atom stereocenters. The largest absolute Gasteiger partial charge is 0.473 e. The van der Waals surface area contributed by atoms with Gasteiger partial charge in [-0.1, -0.05) is 18.5 Å². The summed E-state index contributed by atoms with van der Waals surface area (Å²) in [4.78, 5) is 0. The van der Waals surface area contributed by atoms with Crippen molar-refractivity contribution >= 4 is 5.84 Å². The molecule has 0 radical (unpaired) electrons. The van der Waals surface area contributed by atoms with Gasteiger partial charge in [0.15, 0.2) is 5.84 Å². The highest BCUT2D eigenvalue weighted by atomic mass is 16.5. The lowest BCUT2D eigenvalue weighted by molar-refractivity contribution is 0.198. The van der Waals surface area contributed by atoms with Crippen molar-refractivity contribution in [1.82, 2.24) is 10.2 Å². The molecule has 0 spiro atoms. The number of nitrogens with two attached hydrogens (primary N) is 1. The van der Waals surface area contributed by atoms with Crippen LogP contribution < -0.4 is 10.5 Å². The number of hydrogen-bond acceptors (Lipinski definition) is 5. The highest BCUT2D eigenvalue weighted by molar-refractivity contribution is 5.98. The maximum Gasteiger partial charge on any atom is 0.244 e. The monoisotopic (exact) mass is 224 g/mol. The van der Waals surface area contributed by atoms with E-state index in [-0.39, 0.29) is 11.9 Å². The van der Waals surface area contributed by atoms with Crippen LogP contribution in [0.15, 0.2) is 17.4 Å². The van der Waals surface area contributed by atoms with Crippen molar-refractivity contribution in [3.63, 3.8) is 0 Å². The fourth-order valence-corrected chi connectivity index (χ4v) is 1.31. The van der Waals surface area contributed by atoms with E-state index in [1.54, 1.807) is 6.07 Å². The fourth-order valence-electron chi connectivity index (χ4n) is 1.31. The van der Waals surface area contributed by atoms with E-state index in [0.717, 1.165) is 12.8 Å². The highest BCUT2D eigenvalue weighted by Gasteiger charge is 2.12. The average Bonchev–Trinajstić information content (AvgIpc) is 2.29. The minimum atomic E-state index is -0.0337. The summed E-state index contributed by atoms with van der Waals surface area (Å²) in [7, 11) is 0. The molecule has 0 amide bonds. The second kappa shape index (κ2) is 5.89. The Labute approximate surface area is 94.1 Å².